The molecule has 0 saturated heterocycles. The van der Waals surface area contributed by atoms with Crippen LogP contribution in [0.25, 0.3) is 0 Å². The predicted octanol–water partition coefficient (Wildman–Crippen LogP) is 3.34. The Balaban J connectivity index is 2.89. The van der Waals surface area contributed by atoms with Crippen LogP contribution in [0.15, 0.2) is 27.1 Å². The average Bonchev–Trinajstić information content (AvgIpc) is 2.25. The maximum absolute atomic E-state index is 11.7. The lowest BCUT2D eigenvalue weighted by Crippen LogP contribution is -2.19. The molecule has 0 aromatic heterocycles. The van der Waals surface area contributed by atoms with Crippen LogP contribution in [-0.2, 0) is 11.0 Å². The van der Waals surface area contributed by atoms with Gasteiger partial charge in [0, 0.05) is 16.3 Å². The zero-order valence-electron chi connectivity index (χ0n) is 10.4. The van der Waals surface area contributed by atoms with Gasteiger partial charge in [0.05, 0.1) is 11.9 Å². The van der Waals surface area contributed by atoms with Crippen LogP contribution in [-0.4, -0.2) is 22.3 Å². The lowest BCUT2D eigenvalue weighted by atomic mass is 10.2. The van der Waals surface area contributed by atoms with Gasteiger partial charge in [-0.25, -0.2) is 4.21 Å². The van der Waals surface area contributed by atoms with Gasteiger partial charge >= 0.3 is 0 Å². The van der Waals surface area contributed by atoms with E-state index in [1.807, 2.05) is 39.0 Å². The fourth-order valence-corrected chi connectivity index (χ4v) is 1.99. The summed E-state index contributed by atoms with van der Waals surface area (Å²) in [5, 5.41) is 0. The third kappa shape index (κ3) is 4.24. The Bertz CT molecular complexity index is 452. The van der Waals surface area contributed by atoms with Crippen molar-refractivity contribution >= 4 is 33.1 Å². The van der Waals surface area contributed by atoms with Gasteiger partial charge in [-0.3, -0.25) is 0 Å². The van der Waals surface area contributed by atoms with E-state index in [9.17, 15) is 4.21 Å². The van der Waals surface area contributed by atoms with E-state index in [1.54, 1.807) is 13.3 Å². The predicted molar refractivity (Wildman–Crippen MR) is 76.2 cm³/mol. The van der Waals surface area contributed by atoms with Gasteiger partial charge in [-0.2, -0.15) is 4.40 Å². The first-order valence-corrected chi connectivity index (χ1v) is 7.04. The Morgan fingerprint density at radius 1 is 1.41 bits per heavy atom. The molecule has 0 radical (unpaired) electrons. The zero-order valence-corrected chi connectivity index (χ0v) is 12.8. The van der Waals surface area contributed by atoms with Crippen LogP contribution < -0.4 is 4.74 Å². The van der Waals surface area contributed by atoms with Gasteiger partial charge in [0.2, 0.25) is 0 Å². The zero-order chi connectivity index (χ0) is 13.1. The summed E-state index contributed by atoms with van der Waals surface area (Å²) in [5.41, 5.74) is 0.878. The number of halogens is 1. The van der Waals surface area contributed by atoms with Crippen LogP contribution in [0.4, 0.5) is 0 Å². The van der Waals surface area contributed by atoms with Gasteiger partial charge in [-0.1, -0.05) is 0 Å². The second kappa shape index (κ2) is 5.78. The van der Waals surface area contributed by atoms with Crippen molar-refractivity contribution in [2.24, 2.45) is 4.40 Å². The van der Waals surface area contributed by atoms with E-state index in [-0.39, 0.29) is 4.75 Å². The summed E-state index contributed by atoms with van der Waals surface area (Å²) < 4.78 is 21.4. The first-order valence-electron chi connectivity index (χ1n) is 5.14. The average molecular weight is 318 g/mol. The molecular weight excluding hydrogens is 302 g/mol. The van der Waals surface area contributed by atoms with Crippen molar-refractivity contribution in [3.8, 4) is 5.75 Å². The first kappa shape index (κ1) is 14.4. The Labute approximate surface area is 113 Å². The largest absolute Gasteiger partial charge is 0.497 e. The molecule has 0 aliphatic rings. The molecule has 3 nitrogen and oxygen atoms in total. The highest BCUT2D eigenvalue weighted by Gasteiger charge is 2.18. The Hall–Kier alpha value is -0.680. The Morgan fingerprint density at radius 3 is 2.53 bits per heavy atom. The van der Waals surface area contributed by atoms with Crippen molar-refractivity contribution < 1.29 is 8.95 Å². The molecule has 0 aliphatic carbocycles. The Kier molecular flexibility index (Phi) is 4.89. The summed E-state index contributed by atoms with van der Waals surface area (Å²) in [6.07, 6.45) is 1.62. The second-order valence-electron chi connectivity index (χ2n) is 4.48. The van der Waals surface area contributed by atoms with E-state index in [0.717, 1.165) is 15.8 Å². The number of nitrogens with zero attached hydrogens (tertiary/aromatic N) is 1. The van der Waals surface area contributed by atoms with Gasteiger partial charge in [0.1, 0.15) is 16.7 Å². The molecule has 0 unspecified atom stereocenters. The molecule has 94 valence electrons. The normalized spacial score (nSPS) is 13.9. The van der Waals surface area contributed by atoms with E-state index in [2.05, 4.69) is 20.3 Å². The molecule has 5 heteroatoms. The number of benzene rings is 1. The van der Waals surface area contributed by atoms with Crippen LogP contribution in [0.1, 0.15) is 26.3 Å². The highest BCUT2D eigenvalue weighted by molar-refractivity contribution is 9.10. The molecule has 1 aromatic carbocycles. The fourth-order valence-electron chi connectivity index (χ4n) is 1.00. The molecule has 0 aliphatic heterocycles. The topological polar surface area (TPSA) is 38.7 Å². The van der Waals surface area contributed by atoms with E-state index >= 15 is 0 Å². The highest BCUT2D eigenvalue weighted by atomic mass is 79.9. The molecule has 0 heterocycles. The molecule has 0 N–H and O–H groups in total. The minimum atomic E-state index is -1.24. The van der Waals surface area contributed by atoms with Crippen LogP contribution in [0, 0.1) is 0 Å². The molecule has 1 aromatic rings. The van der Waals surface area contributed by atoms with Crippen LogP contribution in [0.5, 0.6) is 5.75 Å². The van der Waals surface area contributed by atoms with Crippen molar-refractivity contribution in [2.75, 3.05) is 7.11 Å². The molecule has 0 saturated carbocycles. The summed E-state index contributed by atoms with van der Waals surface area (Å²) in [6.45, 7) is 5.68. The van der Waals surface area contributed by atoms with Crippen LogP contribution in [0.3, 0.4) is 0 Å². The van der Waals surface area contributed by atoms with E-state index in [4.69, 9.17) is 4.74 Å². The molecule has 17 heavy (non-hydrogen) atoms. The van der Waals surface area contributed by atoms with E-state index in [0.29, 0.717) is 0 Å². The van der Waals surface area contributed by atoms with E-state index in [1.165, 1.54) is 0 Å². The van der Waals surface area contributed by atoms with Crippen LogP contribution in [0.2, 0.25) is 0 Å². The first-order chi connectivity index (χ1) is 7.84. The summed E-state index contributed by atoms with van der Waals surface area (Å²) in [7, 11) is 0.379. The highest BCUT2D eigenvalue weighted by Crippen LogP contribution is 2.22. The third-order valence-electron chi connectivity index (χ3n) is 2.02. The lowest BCUT2D eigenvalue weighted by molar-refractivity contribution is 0.414. The van der Waals surface area contributed by atoms with Crippen molar-refractivity contribution in [3.63, 3.8) is 0 Å². The second-order valence-corrected chi connectivity index (χ2v) is 7.27. The number of ether oxygens (including phenoxy) is 1. The van der Waals surface area contributed by atoms with Gasteiger partial charge in [-0.05, 0) is 54.9 Å². The maximum Gasteiger partial charge on any atom is 0.144 e. The van der Waals surface area contributed by atoms with Gasteiger partial charge in [0.15, 0.2) is 0 Å². The van der Waals surface area contributed by atoms with Crippen molar-refractivity contribution in [2.45, 2.75) is 25.5 Å². The summed E-state index contributed by atoms with van der Waals surface area (Å²) in [4.78, 5) is 0. The number of hydrogen-bond donors (Lipinski definition) is 0. The lowest BCUT2D eigenvalue weighted by Gasteiger charge is -2.12. The standard InChI is InChI=1S/C12H16BrNO2S/c1-12(2,3)17(15)14-8-9-5-6-10(16-4)7-11(9)13/h5-8H,1-4H3/t17-/m0/s1. The fraction of sp³-hybridized carbons (Fsp3) is 0.417. The molecule has 0 spiro atoms. The summed E-state index contributed by atoms with van der Waals surface area (Å²) in [5.74, 6) is 0.769. The maximum atomic E-state index is 11.7. The monoisotopic (exact) mass is 317 g/mol. The van der Waals surface area contributed by atoms with Crippen molar-refractivity contribution in [1.29, 1.82) is 0 Å². The van der Waals surface area contributed by atoms with Crippen LogP contribution >= 0.6 is 15.9 Å². The SMILES string of the molecule is COc1ccc(C=N[S@@](=O)C(C)(C)C)c(Br)c1. The van der Waals surface area contributed by atoms with E-state index < -0.39 is 11.0 Å². The number of hydrogen-bond acceptors (Lipinski definition) is 2. The quantitative estimate of drug-likeness (QED) is 0.802. The molecule has 0 fully saturated rings. The smallest absolute Gasteiger partial charge is 0.144 e. The summed E-state index contributed by atoms with van der Waals surface area (Å²) >= 11 is 3.42. The van der Waals surface area contributed by atoms with Gasteiger partial charge < -0.3 is 4.74 Å². The Morgan fingerprint density at radius 2 is 2.06 bits per heavy atom. The van der Waals surface area contributed by atoms with Crippen molar-refractivity contribution in [3.05, 3.63) is 28.2 Å². The summed E-state index contributed by atoms with van der Waals surface area (Å²) in [6, 6.07) is 5.56. The molecule has 1 rings (SSSR count). The van der Waals surface area contributed by atoms with Gasteiger partial charge in [0.25, 0.3) is 0 Å². The molecule has 1 atom stereocenters. The van der Waals surface area contributed by atoms with Gasteiger partial charge in [-0.15, -0.1) is 0 Å². The number of methoxy groups -OCH3 is 1. The molecule has 0 bridgehead atoms. The molecule has 0 amide bonds. The third-order valence-corrected chi connectivity index (χ3v) is 4.05. The minimum absolute atomic E-state index is 0.338. The molecular formula is C12H16BrNO2S. The minimum Gasteiger partial charge on any atom is -0.497 e. The van der Waals surface area contributed by atoms with Crippen molar-refractivity contribution in [1.82, 2.24) is 0 Å². The number of rotatable bonds is 3.